The molecule has 0 unspecified atom stereocenters. The number of nitro benzene ring substituents is 2. The molecule has 1 aromatic carbocycles. The number of phenols is 1. The Hall–Kier alpha value is -2.71. The third kappa shape index (κ3) is 2.27. The number of hydrogen-bond acceptors (Lipinski definition) is 6. The molecule has 2 N–H and O–H groups in total. The highest BCUT2D eigenvalue weighted by atomic mass is 16.6. The van der Waals surface area contributed by atoms with Crippen molar-refractivity contribution in [2.45, 2.75) is 0 Å². The van der Waals surface area contributed by atoms with Crippen molar-refractivity contribution in [2.75, 3.05) is 7.05 Å². The van der Waals surface area contributed by atoms with Gasteiger partial charge in [0.1, 0.15) is 0 Å². The lowest BCUT2D eigenvalue weighted by molar-refractivity contribution is -0.394. The van der Waals surface area contributed by atoms with Crippen molar-refractivity contribution >= 4 is 17.3 Å². The number of benzene rings is 1. The van der Waals surface area contributed by atoms with E-state index in [-0.39, 0.29) is 0 Å². The monoisotopic (exact) mass is 241 g/mol. The zero-order valence-electron chi connectivity index (χ0n) is 8.54. The van der Waals surface area contributed by atoms with Crippen LogP contribution in [-0.2, 0) is 0 Å². The predicted molar refractivity (Wildman–Crippen MR) is 54.8 cm³/mol. The molecule has 0 aliphatic carbocycles. The number of nitrogens with zero attached hydrogens (tertiary/aromatic N) is 2. The van der Waals surface area contributed by atoms with E-state index in [4.69, 9.17) is 0 Å². The van der Waals surface area contributed by atoms with E-state index in [0.29, 0.717) is 6.07 Å². The molecule has 9 heteroatoms. The van der Waals surface area contributed by atoms with Crippen molar-refractivity contribution in [1.82, 2.24) is 5.32 Å². The van der Waals surface area contributed by atoms with Crippen molar-refractivity contribution in [3.63, 3.8) is 0 Å². The lowest BCUT2D eigenvalue weighted by Crippen LogP contribution is -2.18. The van der Waals surface area contributed by atoms with Gasteiger partial charge in [-0.1, -0.05) is 0 Å². The third-order valence-electron chi connectivity index (χ3n) is 1.95. The quantitative estimate of drug-likeness (QED) is 0.586. The molecular formula is C8H7N3O6. The molecule has 0 aliphatic heterocycles. The highest BCUT2D eigenvalue weighted by Crippen LogP contribution is 2.34. The predicted octanol–water partition coefficient (Wildman–Crippen LogP) is 0.568. The minimum Gasteiger partial charge on any atom is -0.502 e. The number of amides is 1. The fourth-order valence-electron chi connectivity index (χ4n) is 1.16. The summed E-state index contributed by atoms with van der Waals surface area (Å²) in [4.78, 5) is 30.4. The minimum atomic E-state index is -1.01. The molecule has 0 heterocycles. The largest absolute Gasteiger partial charge is 0.502 e. The first-order valence-electron chi connectivity index (χ1n) is 4.26. The average molecular weight is 241 g/mol. The van der Waals surface area contributed by atoms with Gasteiger partial charge in [-0.25, -0.2) is 0 Å². The summed E-state index contributed by atoms with van der Waals surface area (Å²) in [7, 11) is 1.23. The molecule has 0 saturated carbocycles. The second kappa shape index (κ2) is 4.43. The van der Waals surface area contributed by atoms with E-state index < -0.39 is 38.4 Å². The Balaban J connectivity index is 3.54. The van der Waals surface area contributed by atoms with Gasteiger partial charge < -0.3 is 10.4 Å². The van der Waals surface area contributed by atoms with E-state index in [9.17, 15) is 30.1 Å². The van der Waals surface area contributed by atoms with Gasteiger partial charge >= 0.3 is 5.69 Å². The Bertz CT molecular complexity index is 512. The molecule has 9 nitrogen and oxygen atoms in total. The number of non-ortho nitro benzene ring substituents is 1. The van der Waals surface area contributed by atoms with Crippen LogP contribution in [0.25, 0.3) is 0 Å². The summed E-state index contributed by atoms with van der Waals surface area (Å²) in [5.41, 5.74) is -2.06. The summed E-state index contributed by atoms with van der Waals surface area (Å²) in [6, 6.07) is 1.35. The van der Waals surface area contributed by atoms with Crippen molar-refractivity contribution in [3.05, 3.63) is 37.9 Å². The molecule has 0 radical (unpaired) electrons. The van der Waals surface area contributed by atoms with Crippen LogP contribution in [0.5, 0.6) is 5.75 Å². The highest BCUT2D eigenvalue weighted by molar-refractivity contribution is 5.98. The number of rotatable bonds is 3. The van der Waals surface area contributed by atoms with Crippen LogP contribution in [0.4, 0.5) is 11.4 Å². The third-order valence-corrected chi connectivity index (χ3v) is 1.95. The maximum atomic E-state index is 11.3. The van der Waals surface area contributed by atoms with Crippen LogP contribution in [0.1, 0.15) is 10.4 Å². The van der Waals surface area contributed by atoms with Crippen LogP contribution in [0.3, 0.4) is 0 Å². The number of carbonyl (C=O) groups is 1. The molecular weight excluding hydrogens is 234 g/mol. The number of aromatic hydroxyl groups is 1. The number of nitrogens with one attached hydrogen (secondary N) is 1. The molecule has 1 amide bonds. The van der Waals surface area contributed by atoms with E-state index in [1.54, 1.807) is 0 Å². The lowest BCUT2D eigenvalue weighted by atomic mass is 10.1. The normalized spacial score (nSPS) is 9.71. The average Bonchev–Trinajstić information content (AvgIpc) is 2.27. The maximum Gasteiger partial charge on any atom is 0.318 e. The van der Waals surface area contributed by atoms with Crippen molar-refractivity contribution in [2.24, 2.45) is 0 Å². The van der Waals surface area contributed by atoms with Gasteiger partial charge in [-0.15, -0.1) is 0 Å². The molecule has 0 atom stereocenters. The molecule has 0 fully saturated rings. The fourth-order valence-corrected chi connectivity index (χ4v) is 1.16. The van der Waals surface area contributed by atoms with Crippen LogP contribution < -0.4 is 5.32 Å². The van der Waals surface area contributed by atoms with Crippen molar-refractivity contribution in [1.29, 1.82) is 0 Å². The Morgan fingerprint density at radius 1 is 1.29 bits per heavy atom. The first kappa shape index (κ1) is 12.4. The zero-order valence-corrected chi connectivity index (χ0v) is 8.54. The van der Waals surface area contributed by atoms with Crippen LogP contribution in [0.2, 0.25) is 0 Å². The number of carbonyl (C=O) groups excluding carboxylic acids is 1. The van der Waals surface area contributed by atoms with Gasteiger partial charge in [-0.2, -0.15) is 0 Å². The Morgan fingerprint density at radius 3 is 2.29 bits per heavy atom. The second-order valence-electron chi connectivity index (χ2n) is 2.95. The van der Waals surface area contributed by atoms with Crippen LogP contribution in [0, 0.1) is 20.2 Å². The van der Waals surface area contributed by atoms with Crippen LogP contribution >= 0.6 is 0 Å². The summed E-state index contributed by atoms with van der Waals surface area (Å²) in [6.45, 7) is 0. The SMILES string of the molecule is CNC(=O)c1cc([N+](=O)[O-])cc([N+](=O)[O-])c1O. The van der Waals surface area contributed by atoms with Crippen molar-refractivity contribution < 1.29 is 19.7 Å². The summed E-state index contributed by atoms with van der Waals surface area (Å²) >= 11 is 0. The number of hydrogen-bond donors (Lipinski definition) is 2. The topological polar surface area (TPSA) is 136 Å². The zero-order chi connectivity index (χ0) is 13.2. The van der Waals surface area contributed by atoms with Gasteiger partial charge in [-0.3, -0.25) is 25.0 Å². The Kier molecular flexibility index (Phi) is 3.22. The highest BCUT2D eigenvalue weighted by Gasteiger charge is 2.26. The first-order chi connectivity index (χ1) is 7.88. The summed E-state index contributed by atoms with van der Waals surface area (Å²) in [5, 5.41) is 32.6. The van der Waals surface area contributed by atoms with E-state index in [2.05, 4.69) is 5.32 Å². The summed E-state index contributed by atoms with van der Waals surface area (Å²) < 4.78 is 0. The van der Waals surface area contributed by atoms with E-state index in [0.717, 1.165) is 6.07 Å². The van der Waals surface area contributed by atoms with Gasteiger partial charge in [-0.05, 0) is 0 Å². The lowest BCUT2D eigenvalue weighted by Gasteiger charge is -2.03. The molecule has 0 saturated heterocycles. The van der Waals surface area contributed by atoms with E-state index in [1.807, 2.05) is 0 Å². The van der Waals surface area contributed by atoms with E-state index >= 15 is 0 Å². The molecule has 1 aromatic rings. The Labute approximate surface area is 94.0 Å². The maximum absolute atomic E-state index is 11.3. The van der Waals surface area contributed by atoms with Gasteiger partial charge in [0.05, 0.1) is 21.5 Å². The van der Waals surface area contributed by atoms with Gasteiger partial charge in [0.15, 0.2) is 0 Å². The van der Waals surface area contributed by atoms with E-state index in [1.165, 1.54) is 7.05 Å². The van der Waals surface area contributed by atoms with Gasteiger partial charge in [0, 0.05) is 13.1 Å². The molecule has 0 aliphatic rings. The summed E-state index contributed by atoms with van der Waals surface area (Å²) in [5.74, 6) is -1.76. The smallest absolute Gasteiger partial charge is 0.318 e. The van der Waals surface area contributed by atoms with Crippen molar-refractivity contribution in [3.8, 4) is 5.75 Å². The van der Waals surface area contributed by atoms with Crippen LogP contribution in [-0.4, -0.2) is 27.9 Å². The van der Waals surface area contributed by atoms with Gasteiger partial charge in [0.25, 0.3) is 11.6 Å². The Morgan fingerprint density at radius 2 is 1.88 bits per heavy atom. The number of nitro groups is 2. The summed E-state index contributed by atoms with van der Waals surface area (Å²) in [6.07, 6.45) is 0. The molecule has 0 aromatic heterocycles. The van der Waals surface area contributed by atoms with Gasteiger partial charge in [0.2, 0.25) is 5.75 Å². The molecule has 1 rings (SSSR count). The molecule has 0 bridgehead atoms. The second-order valence-corrected chi connectivity index (χ2v) is 2.95. The standard InChI is InChI=1S/C8H7N3O6/c1-9-8(13)5-2-4(10(14)15)3-6(7(5)12)11(16)17/h2-3,12H,1H3,(H,9,13). The molecule has 17 heavy (non-hydrogen) atoms. The molecule has 90 valence electrons. The number of phenolic OH excluding ortho intramolecular Hbond substituents is 1. The fraction of sp³-hybridized carbons (Fsp3) is 0.125. The molecule has 0 spiro atoms. The first-order valence-corrected chi connectivity index (χ1v) is 4.26. The van der Waals surface area contributed by atoms with Crippen LogP contribution in [0.15, 0.2) is 12.1 Å². The minimum absolute atomic E-state index is 0.520.